The highest BCUT2D eigenvalue weighted by Gasteiger charge is 2.21. The fourth-order valence-electron chi connectivity index (χ4n) is 1.15. The standard InChI is InChI=1S/C8H18NOP/c1-5-9(6-2)11(10,7-3)8-4/h7H,3,5-6,8H2,1-2,4H3. The summed E-state index contributed by atoms with van der Waals surface area (Å²) in [4.78, 5) is 0. The third-order valence-corrected chi connectivity index (χ3v) is 4.95. The second-order valence-corrected chi connectivity index (χ2v) is 5.47. The highest BCUT2D eigenvalue weighted by molar-refractivity contribution is 7.64. The number of nitrogens with zero attached hydrogens (tertiary/aromatic N) is 1. The summed E-state index contributed by atoms with van der Waals surface area (Å²) in [5, 5.41) is 0. The van der Waals surface area contributed by atoms with Crippen molar-refractivity contribution in [3.8, 4) is 0 Å². The smallest absolute Gasteiger partial charge is 0.170 e. The van der Waals surface area contributed by atoms with Crippen molar-refractivity contribution in [3.05, 3.63) is 12.4 Å². The van der Waals surface area contributed by atoms with E-state index in [0.29, 0.717) is 6.16 Å². The second-order valence-electron chi connectivity index (χ2n) is 2.39. The summed E-state index contributed by atoms with van der Waals surface area (Å²) in [6.45, 7) is 11.3. The van der Waals surface area contributed by atoms with Crippen molar-refractivity contribution in [2.24, 2.45) is 0 Å². The third-order valence-electron chi connectivity index (χ3n) is 1.95. The second kappa shape index (κ2) is 4.74. The lowest BCUT2D eigenvalue weighted by molar-refractivity contribution is 0.451. The first-order valence-corrected chi connectivity index (χ1v) is 6.03. The van der Waals surface area contributed by atoms with Gasteiger partial charge in [0.15, 0.2) is 7.29 Å². The first kappa shape index (κ1) is 10.9. The molecule has 0 N–H and O–H groups in total. The van der Waals surface area contributed by atoms with Crippen molar-refractivity contribution < 1.29 is 4.57 Å². The van der Waals surface area contributed by atoms with Crippen molar-refractivity contribution in [2.45, 2.75) is 20.8 Å². The van der Waals surface area contributed by atoms with E-state index in [2.05, 4.69) is 6.58 Å². The van der Waals surface area contributed by atoms with E-state index in [4.69, 9.17) is 0 Å². The van der Waals surface area contributed by atoms with Crippen LogP contribution in [-0.4, -0.2) is 23.9 Å². The molecule has 0 saturated heterocycles. The number of hydrogen-bond acceptors (Lipinski definition) is 1. The molecule has 2 nitrogen and oxygen atoms in total. The van der Waals surface area contributed by atoms with Crippen LogP contribution in [0.4, 0.5) is 0 Å². The average molecular weight is 175 g/mol. The molecule has 1 unspecified atom stereocenters. The molecule has 11 heavy (non-hydrogen) atoms. The molecule has 0 bridgehead atoms. The Kier molecular flexibility index (Phi) is 4.71. The summed E-state index contributed by atoms with van der Waals surface area (Å²) >= 11 is 0. The molecule has 3 heteroatoms. The molecule has 0 fully saturated rings. The maximum Gasteiger partial charge on any atom is 0.170 e. The van der Waals surface area contributed by atoms with Crippen LogP contribution in [0, 0.1) is 0 Å². The predicted molar refractivity (Wildman–Crippen MR) is 51.3 cm³/mol. The van der Waals surface area contributed by atoms with Gasteiger partial charge in [0.2, 0.25) is 0 Å². The van der Waals surface area contributed by atoms with Crippen LogP contribution in [0.3, 0.4) is 0 Å². The van der Waals surface area contributed by atoms with Crippen LogP contribution in [0.15, 0.2) is 12.4 Å². The lowest BCUT2D eigenvalue weighted by Crippen LogP contribution is -2.19. The van der Waals surface area contributed by atoms with E-state index in [0.717, 1.165) is 13.1 Å². The van der Waals surface area contributed by atoms with Gasteiger partial charge >= 0.3 is 0 Å². The molecule has 0 rings (SSSR count). The Bertz CT molecular complexity index is 163. The van der Waals surface area contributed by atoms with Gasteiger partial charge in [0.1, 0.15) is 0 Å². The van der Waals surface area contributed by atoms with Gasteiger partial charge in [-0.15, -0.1) is 0 Å². The zero-order chi connectivity index (χ0) is 8.91. The Morgan fingerprint density at radius 3 is 1.91 bits per heavy atom. The quantitative estimate of drug-likeness (QED) is 0.599. The van der Waals surface area contributed by atoms with Gasteiger partial charge in [-0.3, -0.25) is 4.67 Å². The summed E-state index contributed by atoms with van der Waals surface area (Å²) < 4.78 is 13.9. The fourth-order valence-corrected chi connectivity index (χ4v) is 2.99. The van der Waals surface area contributed by atoms with Crippen molar-refractivity contribution in [3.63, 3.8) is 0 Å². The Hall–Kier alpha value is -0.0700. The van der Waals surface area contributed by atoms with Gasteiger partial charge in [-0.2, -0.15) is 0 Å². The lowest BCUT2D eigenvalue weighted by atomic mass is 10.7. The highest BCUT2D eigenvalue weighted by atomic mass is 31.2. The molecule has 0 aromatic heterocycles. The third kappa shape index (κ3) is 2.46. The zero-order valence-electron chi connectivity index (χ0n) is 7.71. The monoisotopic (exact) mass is 175 g/mol. The fraction of sp³-hybridized carbons (Fsp3) is 0.750. The van der Waals surface area contributed by atoms with E-state index in [1.807, 2.05) is 25.4 Å². The molecule has 0 heterocycles. The van der Waals surface area contributed by atoms with Crippen LogP contribution in [0.5, 0.6) is 0 Å². The van der Waals surface area contributed by atoms with E-state index in [1.54, 1.807) is 5.82 Å². The van der Waals surface area contributed by atoms with Crippen molar-refractivity contribution >= 4 is 7.29 Å². The Morgan fingerprint density at radius 1 is 1.36 bits per heavy atom. The Morgan fingerprint density at radius 2 is 1.82 bits per heavy atom. The molecule has 1 atom stereocenters. The minimum Gasteiger partial charge on any atom is -0.302 e. The summed E-state index contributed by atoms with van der Waals surface area (Å²) in [6, 6.07) is 0. The van der Waals surface area contributed by atoms with Crippen molar-refractivity contribution in [1.82, 2.24) is 4.67 Å². The highest BCUT2D eigenvalue weighted by Crippen LogP contribution is 2.49. The summed E-state index contributed by atoms with van der Waals surface area (Å²) in [6.07, 6.45) is 0.693. The van der Waals surface area contributed by atoms with Gasteiger partial charge in [-0.25, -0.2) is 0 Å². The normalized spacial score (nSPS) is 16.4. The molecule has 0 radical (unpaired) electrons. The summed E-state index contributed by atoms with van der Waals surface area (Å²) in [5.41, 5.74) is 0. The van der Waals surface area contributed by atoms with Crippen molar-refractivity contribution in [1.29, 1.82) is 0 Å². The van der Waals surface area contributed by atoms with Gasteiger partial charge in [0.05, 0.1) is 0 Å². The Balaban J connectivity index is 4.45. The van der Waals surface area contributed by atoms with Gasteiger partial charge in [-0.1, -0.05) is 27.4 Å². The van der Waals surface area contributed by atoms with Crippen molar-refractivity contribution in [2.75, 3.05) is 19.3 Å². The van der Waals surface area contributed by atoms with E-state index in [1.165, 1.54) is 0 Å². The molecule has 66 valence electrons. The molecule has 0 aromatic carbocycles. The maximum atomic E-state index is 11.9. The van der Waals surface area contributed by atoms with Gasteiger partial charge in [0.25, 0.3) is 0 Å². The first-order chi connectivity index (χ1) is 5.14. The molecule has 0 spiro atoms. The predicted octanol–water partition coefficient (Wildman–Crippen LogP) is 2.77. The van der Waals surface area contributed by atoms with Crippen LogP contribution in [-0.2, 0) is 4.57 Å². The van der Waals surface area contributed by atoms with E-state index in [9.17, 15) is 4.57 Å². The molecule has 0 aliphatic heterocycles. The minimum absolute atomic E-state index is 0.693. The molecular weight excluding hydrogens is 157 g/mol. The van der Waals surface area contributed by atoms with Gasteiger partial charge < -0.3 is 4.57 Å². The average Bonchev–Trinajstić information content (AvgIpc) is 2.06. The summed E-state index contributed by atoms with van der Waals surface area (Å²) in [7, 11) is -2.19. The molecule has 0 aromatic rings. The number of hydrogen-bond donors (Lipinski definition) is 0. The molecular formula is C8H18NOP. The molecule has 0 amide bonds. The SMILES string of the molecule is C=CP(=O)(CC)N(CC)CC. The van der Waals surface area contributed by atoms with Crippen LogP contribution in [0.1, 0.15) is 20.8 Å². The molecule has 0 aliphatic carbocycles. The molecule has 0 saturated carbocycles. The van der Waals surface area contributed by atoms with E-state index >= 15 is 0 Å². The topological polar surface area (TPSA) is 20.3 Å². The largest absolute Gasteiger partial charge is 0.302 e. The minimum atomic E-state index is -2.19. The first-order valence-electron chi connectivity index (χ1n) is 4.12. The zero-order valence-corrected chi connectivity index (χ0v) is 8.60. The van der Waals surface area contributed by atoms with Gasteiger partial charge in [-0.05, 0) is 5.82 Å². The van der Waals surface area contributed by atoms with Crippen LogP contribution in [0.25, 0.3) is 0 Å². The lowest BCUT2D eigenvalue weighted by Gasteiger charge is -2.25. The van der Waals surface area contributed by atoms with E-state index < -0.39 is 7.29 Å². The van der Waals surface area contributed by atoms with Crippen LogP contribution >= 0.6 is 7.29 Å². The van der Waals surface area contributed by atoms with Crippen LogP contribution < -0.4 is 0 Å². The summed E-state index contributed by atoms with van der Waals surface area (Å²) in [5.74, 6) is 1.61. The van der Waals surface area contributed by atoms with E-state index in [-0.39, 0.29) is 0 Å². The Labute approximate surface area is 69.7 Å². The maximum absolute atomic E-state index is 11.9. The molecule has 0 aliphatic rings. The van der Waals surface area contributed by atoms with Gasteiger partial charge in [0, 0.05) is 19.3 Å². The number of rotatable bonds is 5. The van der Waals surface area contributed by atoms with Crippen LogP contribution in [0.2, 0.25) is 0 Å².